The molecule has 1 unspecified atom stereocenters. The minimum absolute atomic E-state index is 0.288. The molecule has 4 nitrogen and oxygen atoms in total. The van der Waals surface area contributed by atoms with Crippen molar-refractivity contribution >= 4 is 11.8 Å². The molecule has 1 spiro atoms. The zero-order chi connectivity index (χ0) is 15.0. The Hall–Kier alpha value is -1.27. The fourth-order valence-electron chi connectivity index (χ4n) is 3.17. The summed E-state index contributed by atoms with van der Waals surface area (Å²) < 4.78 is 37.4. The molecule has 0 bridgehead atoms. The van der Waals surface area contributed by atoms with Crippen LogP contribution < -0.4 is 5.32 Å². The number of carbonyl (C=O) groups excluding carboxylic acids is 2. The van der Waals surface area contributed by atoms with Crippen LogP contribution in [0.25, 0.3) is 0 Å². The van der Waals surface area contributed by atoms with E-state index in [1.807, 2.05) is 0 Å². The molecule has 0 aromatic rings. The van der Waals surface area contributed by atoms with E-state index >= 15 is 0 Å². The summed E-state index contributed by atoms with van der Waals surface area (Å²) in [6, 6.07) is -0.693. The third kappa shape index (κ3) is 2.62. The van der Waals surface area contributed by atoms with E-state index in [0.717, 1.165) is 12.8 Å². The van der Waals surface area contributed by atoms with Gasteiger partial charge in [0.25, 0.3) is 0 Å². The number of hydrogen-bond acceptors (Lipinski definition) is 2. The number of halogens is 3. The lowest BCUT2D eigenvalue weighted by molar-refractivity contribution is -0.165. The fraction of sp³-hybridized carbons (Fsp3) is 0.846. The maximum absolute atomic E-state index is 12.5. The van der Waals surface area contributed by atoms with Crippen LogP contribution in [0.2, 0.25) is 0 Å². The zero-order valence-corrected chi connectivity index (χ0v) is 11.4. The third-order valence-corrected chi connectivity index (χ3v) is 4.27. The first-order chi connectivity index (χ1) is 9.30. The fourth-order valence-corrected chi connectivity index (χ4v) is 3.17. The highest BCUT2D eigenvalue weighted by Crippen LogP contribution is 2.39. The van der Waals surface area contributed by atoms with Gasteiger partial charge in [0, 0.05) is 6.54 Å². The molecule has 1 saturated carbocycles. The van der Waals surface area contributed by atoms with Gasteiger partial charge in [-0.25, -0.2) is 0 Å². The number of rotatable bonds is 3. The first-order valence-electron chi connectivity index (χ1n) is 6.99. The minimum atomic E-state index is -4.32. The Kier molecular flexibility index (Phi) is 3.97. The van der Waals surface area contributed by atoms with Gasteiger partial charge in [0.15, 0.2) is 0 Å². The van der Waals surface area contributed by atoms with Gasteiger partial charge < -0.3 is 10.2 Å². The predicted molar refractivity (Wildman–Crippen MR) is 65.8 cm³/mol. The Morgan fingerprint density at radius 3 is 2.40 bits per heavy atom. The van der Waals surface area contributed by atoms with E-state index < -0.39 is 30.7 Å². The van der Waals surface area contributed by atoms with E-state index in [-0.39, 0.29) is 11.8 Å². The number of nitrogens with one attached hydrogen (secondary N) is 1. The number of hydrogen-bond donors (Lipinski definition) is 1. The van der Waals surface area contributed by atoms with Crippen LogP contribution in [0.1, 0.15) is 45.4 Å². The van der Waals surface area contributed by atoms with Gasteiger partial charge in [0.1, 0.15) is 11.6 Å². The van der Waals surface area contributed by atoms with E-state index in [1.165, 1.54) is 4.90 Å². The first-order valence-corrected chi connectivity index (χ1v) is 6.99. The van der Waals surface area contributed by atoms with Crippen LogP contribution in [0.3, 0.4) is 0 Å². The molecule has 1 saturated heterocycles. The lowest BCUT2D eigenvalue weighted by Gasteiger charge is -2.46. The van der Waals surface area contributed by atoms with Crippen LogP contribution in [-0.2, 0) is 9.59 Å². The normalized spacial score (nSPS) is 26.2. The van der Waals surface area contributed by atoms with Gasteiger partial charge in [-0.2, -0.15) is 13.2 Å². The second kappa shape index (κ2) is 5.26. The van der Waals surface area contributed by atoms with Gasteiger partial charge in [-0.15, -0.1) is 0 Å². The molecule has 0 aromatic heterocycles. The summed E-state index contributed by atoms with van der Waals surface area (Å²) in [6.07, 6.45) is -2.55. The number of piperazine rings is 1. The van der Waals surface area contributed by atoms with Crippen molar-refractivity contribution in [2.45, 2.75) is 63.2 Å². The van der Waals surface area contributed by atoms with Gasteiger partial charge in [0.2, 0.25) is 11.8 Å². The molecular formula is C13H19F3N2O2. The van der Waals surface area contributed by atoms with Crippen LogP contribution in [0, 0.1) is 0 Å². The molecule has 114 valence electrons. The average molecular weight is 292 g/mol. The molecular weight excluding hydrogens is 273 g/mol. The summed E-state index contributed by atoms with van der Waals surface area (Å²) in [5, 5.41) is 2.66. The summed E-state index contributed by atoms with van der Waals surface area (Å²) in [5.74, 6) is -0.665. The Labute approximate surface area is 115 Å². The highest BCUT2D eigenvalue weighted by Gasteiger charge is 2.53. The topological polar surface area (TPSA) is 49.4 Å². The smallest absolute Gasteiger partial charge is 0.342 e. The SMILES string of the molecule is CCC1NC(=O)C2(CCCC2)N(CCC(F)(F)F)C1=O. The van der Waals surface area contributed by atoms with Gasteiger partial charge in [-0.05, 0) is 19.3 Å². The summed E-state index contributed by atoms with van der Waals surface area (Å²) in [6.45, 7) is 1.31. The van der Waals surface area contributed by atoms with Gasteiger partial charge in [-0.1, -0.05) is 19.8 Å². The zero-order valence-electron chi connectivity index (χ0n) is 11.4. The quantitative estimate of drug-likeness (QED) is 0.865. The highest BCUT2D eigenvalue weighted by atomic mass is 19.4. The maximum Gasteiger partial charge on any atom is 0.390 e. The summed E-state index contributed by atoms with van der Waals surface area (Å²) in [7, 11) is 0. The largest absolute Gasteiger partial charge is 0.390 e. The second-order valence-electron chi connectivity index (χ2n) is 5.53. The molecule has 0 aromatic carbocycles. The molecule has 20 heavy (non-hydrogen) atoms. The third-order valence-electron chi connectivity index (χ3n) is 4.27. The maximum atomic E-state index is 12.5. The van der Waals surface area contributed by atoms with Crippen LogP contribution in [0.15, 0.2) is 0 Å². The van der Waals surface area contributed by atoms with Crippen molar-refractivity contribution in [1.82, 2.24) is 10.2 Å². The molecule has 1 heterocycles. The number of amides is 2. The Morgan fingerprint density at radius 2 is 1.90 bits per heavy atom. The Balaban J connectivity index is 2.24. The average Bonchev–Trinajstić information content (AvgIpc) is 2.83. The lowest BCUT2D eigenvalue weighted by atomic mass is 9.88. The van der Waals surface area contributed by atoms with E-state index in [1.54, 1.807) is 6.92 Å². The predicted octanol–water partition coefficient (Wildman–Crippen LogP) is 1.99. The number of nitrogens with zero attached hydrogens (tertiary/aromatic N) is 1. The molecule has 1 N–H and O–H groups in total. The van der Waals surface area contributed by atoms with Gasteiger partial charge in [0.05, 0.1) is 6.42 Å². The van der Waals surface area contributed by atoms with Crippen molar-refractivity contribution in [3.05, 3.63) is 0 Å². The molecule has 7 heteroatoms. The standard InChI is InChI=1S/C13H19F3N2O2/c1-2-9-10(19)18(8-7-13(14,15)16)12(11(20)17-9)5-3-4-6-12/h9H,2-8H2,1H3,(H,17,20). The van der Waals surface area contributed by atoms with Crippen LogP contribution >= 0.6 is 0 Å². The van der Waals surface area contributed by atoms with E-state index in [0.29, 0.717) is 19.3 Å². The summed E-state index contributed by atoms with van der Waals surface area (Å²) in [4.78, 5) is 25.8. The summed E-state index contributed by atoms with van der Waals surface area (Å²) >= 11 is 0. The van der Waals surface area contributed by atoms with E-state index in [2.05, 4.69) is 5.32 Å². The molecule has 1 atom stereocenters. The lowest BCUT2D eigenvalue weighted by Crippen LogP contribution is -2.69. The second-order valence-corrected chi connectivity index (χ2v) is 5.53. The monoisotopic (exact) mass is 292 g/mol. The first kappa shape index (κ1) is 15.1. The summed E-state index contributed by atoms with van der Waals surface area (Å²) in [5.41, 5.74) is -1.05. The molecule has 2 amide bonds. The van der Waals surface area contributed by atoms with Crippen molar-refractivity contribution in [1.29, 1.82) is 0 Å². The van der Waals surface area contributed by atoms with Crippen molar-refractivity contribution < 1.29 is 22.8 Å². The highest BCUT2D eigenvalue weighted by molar-refractivity contribution is 6.00. The molecule has 2 aliphatic rings. The van der Waals surface area contributed by atoms with Crippen LogP contribution in [0.5, 0.6) is 0 Å². The van der Waals surface area contributed by atoms with Gasteiger partial charge in [-0.3, -0.25) is 9.59 Å². The molecule has 1 aliphatic heterocycles. The molecule has 2 fully saturated rings. The van der Waals surface area contributed by atoms with E-state index in [4.69, 9.17) is 0 Å². The molecule has 0 radical (unpaired) electrons. The van der Waals surface area contributed by atoms with Crippen LogP contribution in [-0.4, -0.2) is 41.0 Å². The van der Waals surface area contributed by atoms with Crippen molar-refractivity contribution in [3.8, 4) is 0 Å². The molecule has 2 rings (SSSR count). The van der Waals surface area contributed by atoms with Crippen molar-refractivity contribution in [2.24, 2.45) is 0 Å². The van der Waals surface area contributed by atoms with Crippen molar-refractivity contribution in [3.63, 3.8) is 0 Å². The molecule has 1 aliphatic carbocycles. The van der Waals surface area contributed by atoms with E-state index in [9.17, 15) is 22.8 Å². The Morgan fingerprint density at radius 1 is 1.30 bits per heavy atom. The number of carbonyl (C=O) groups is 2. The van der Waals surface area contributed by atoms with Crippen LogP contribution in [0.4, 0.5) is 13.2 Å². The van der Waals surface area contributed by atoms with Crippen molar-refractivity contribution in [2.75, 3.05) is 6.54 Å². The van der Waals surface area contributed by atoms with Gasteiger partial charge >= 0.3 is 6.18 Å². The number of alkyl halides is 3. The Bertz CT molecular complexity index is 403. The minimum Gasteiger partial charge on any atom is -0.342 e.